The number of rotatable bonds is 1. The third-order valence-electron chi connectivity index (χ3n) is 6.01. The first-order valence-electron chi connectivity index (χ1n) is 6.51. The van der Waals surface area contributed by atoms with Gasteiger partial charge in [0, 0.05) is 12.6 Å². The summed E-state index contributed by atoms with van der Waals surface area (Å²) in [4.78, 5) is 0. The molecular formula is C13H23NO2. The maximum atomic E-state index is 10.1. The van der Waals surface area contributed by atoms with Crippen molar-refractivity contribution in [2.24, 2.45) is 23.0 Å². The molecule has 0 aliphatic heterocycles. The third-order valence-corrected chi connectivity index (χ3v) is 6.01. The van der Waals surface area contributed by atoms with E-state index in [1.54, 1.807) is 7.11 Å². The second-order valence-corrected chi connectivity index (χ2v) is 6.40. The predicted molar refractivity (Wildman–Crippen MR) is 61.9 cm³/mol. The lowest BCUT2D eigenvalue weighted by molar-refractivity contribution is 0.00839. The van der Waals surface area contributed by atoms with E-state index >= 15 is 0 Å². The van der Waals surface area contributed by atoms with Crippen molar-refractivity contribution in [2.45, 2.75) is 56.8 Å². The lowest BCUT2D eigenvalue weighted by Gasteiger charge is -2.47. The molecule has 3 aliphatic carbocycles. The second kappa shape index (κ2) is 3.21. The smallest absolute Gasteiger partial charge is 0.0836 e. The molecule has 0 heterocycles. The quantitative estimate of drug-likeness (QED) is 0.707. The fourth-order valence-electron chi connectivity index (χ4n) is 4.97. The summed E-state index contributed by atoms with van der Waals surface area (Å²) in [6, 6.07) is 0. The van der Waals surface area contributed by atoms with Crippen molar-refractivity contribution in [2.75, 3.05) is 7.11 Å². The molecule has 6 atom stereocenters. The van der Waals surface area contributed by atoms with E-state index in [0.29, 0.717) is 5.92 Å². The summed E-state index contributed by atoms with van der Waals surface area (Å²) in [5.41, 5.74) is 6.67. The van der Waals surface area contributed by atoms with Crippen molar-refractivity contribution >= 4 is 0 Å². The molecule has 3 N–H and O–H groups in total. The summed E-state index contributed by atoms with van der Waals surface area (Å²) in [5.74, 6) is 1.39. The van der Waals surface area contributed by atoms with Gasteiger partial charge in [-0.25, -0.2) is 0 Å². The first-order chi connectivity index (χ1) is 7.51. The predicted octanol–water partition coefficient (Wildman–Crippen LogP) is 1.29. The zero-order valence-electron chi connectivity index (χ0n) is 10.3. The minimum absolute atomic E-state index is 0.00206. The number of methoxy groups -OCH3 is 1. The fourth-order valence-corrected chi connectivity index (χ4v) is 4.97. The summed E-state index contributed by atoms with van der Waals surface area (Å²) in [5, 5.41) is 10.1. The molecule has 3 rings (SSSR count). The number of hydrogen-bond acceptors (Lipinski definition) is 3. The van der Waals surface area contributed by atoms with Gasteiger partial charge in [-0.2, -0.15) is 0 Å². The molecule has 3 nitrogen and oxygen atoms in total. The van der Waals surface area contributed by atoms with Crippen LogP contribution in [0.5, 0.6) is 0 Å². The molecule has 0 radical (unpaired) electrons. The van der Waals surface area contributed by atoms with E-state index < -0.39 is 0 Å². The molecule has 16 heavy (non-hydrogen) atoms. The zero-order valence-corrected chi connectivity index (χ0v) is 10.3. The number of fused-ring (bicyclic) bond motifs is 3. The van der Waals surface area contributed by atoms with Crippen LogP contribution in [-0.4, -0.2) is 30.0 Å². The van der Waals surface area contributed by atoms with Gasteiger partial charge in [0.15, 0.2) is 0 Å². The van der Waals surface area contributed by atoms with Crippen molar-refractivity contribution in [1.82, 2.24) is 0 Å². The Hall–Kier alpha value is -0.120. The van der Waals surface area contributed by atoms with E-state index in [4.69, 9.17) is 10.5 Å². The zero-order chi connectivity index (χ0) is 11.6. The topological polar surface area (TPSA) is 55.5 Å². The van der Waals surface area contributed by atoms with Crippen LogP contribution in [0, 0.1) is 17.3 Å². The average Bonchev–Trinajstić information content (AvgIpc) is 2.85. The van der Waals surface area contributed by atoms with Crippen LogP contribution in [0.1, 0.15) is 39.0 Å². The minimum atomic E-state index is -0.313. The number of aliphatic hydroxyl groups is 1. The van der Waals surface area contributed by atoms with E-state index in [1.807, 2.05) is 0 Å². The van der Waals surface area contributed by atoms with Crippen LogP contribution < -0.4 is 5.73 Å². The van der Waals surface area contributed by atoms with Crippen LogP contribution in [0.15, 0.2) is 0 Å². The van der Waals surface area contributed by atoms with E-state index in [2.05, 4.69) is 6.92 Å². The summed E-state index contributed by atoms with van der Waals surface area (Å²) < 4.78 is 5.41. The summed E-state index contributed by atoms with van der Waals surface area (Å²) >= 11 is 0. The van der Waals surface area contributed by atoms with E-state index in [-0.39, 0.29) is 23.2 Å². The van der Waals surface area contributed by atoms with Crippen molar-refractivity contribution < 1.29 is 9.84 Å². The van der Waals surface area contributed by atoms with Gasteiger partial charge in [0.2, 0.25) is 0 Å². The van der Waals surface area contributed by atoms with Crippen molar-refractivity contribution in [3.8, 4) is 0 Å². The molecule has 0 aromatic heterocycles. The lowest BCUT2D eigenvalue weighted by Crippen LogP contribution is -2.56. The molecule has 3 saturated carbocycles. The Bertz CT molecular complexity index is 304. The van der Waals surface area contributed by atoms with Gasteiger partial charge < -0.3 is 15.6 Å². The van der Waals surface area contributed by atoms with Gasteiger partial charge in [0.05, 0.1) is 12.2 Å². The highest BCUT2D eigenvalue weighted by molar-refractivity contribution is 5.20. The Morgan fingerprint density at radius 3 is 2.44 bits per heavy atom. The van der Waals surface area contributed by atoms with E-state index in [9.17, 15) is 5.11 Å². The Kier molecular flexibility index (Phi) is 2.21. The molecule has 92 valence electrons. The molecular weight excluding hydrogens is 202 g/mol. The van der Waals surface area contributed by atoms with Gasteiger partial charge >= 0.3 is 0 Å². The van der Waals surface area contributed by atoms with Crippen LogP contribution in [0.4, 0.5) is 0 Å². The Balaban J connectivity index is 1.94. The molecule has 0 aromatic carbocycles. The van der Waals surface area contributed by atoms with Gasteiger partial charge in [-0.1, -0.05) is 0 Å². The molecule has 0 amide bonds. The van der Waals surface area contributed by atoms with Crippen LogP contribution in [0.3, 0.4) is 0 Å². The molecule has 1 spiro atoms. The molecule has 3 fully saturated rings. The van der Waals surface area contributed by atoms with Gasteiger partial charge in [-0.3, -0.25) is 0 Å². The highest BCUT2D eigenvalue weighted by Crippen LogP contribution is 2.66. The highest BCUT2D eigenvalue weighted by Gasteiger charge is 2.66. The lowest BCUT2D eigenvalue weighted by atomic mass is 9.61. The molecule has 1 unspecified atom stereocenters. The number of nitrogens with two attached hydrogens (primary N) is 1. The van der Waals surface area contributed by atoms with E-state index in [1.165, 1.54) is 19.3 Å². The Morgan fingerprint density at radius 1 is 1.25 bits per heavy atom. The molecule has 0 saturated heterocycles. The third kappa shape index (κ3) is 1.09. The van der Waals surface area contributed by atoms with Crippen LogP contribution in [0.25, 0.3) is 0 Å². The van der Waals surface area contributed by atoms with Crippen molar-refractivity contribution in [1.29, 1.82) is 0 Å². The standard InChI is InChI=1S/C13H23NO2/c1-12(14)8-3-4-9(5-8)13(12)6-10(15)11(7-13)16-2/h8-11,15H,3-7,14H2,1-2H3/t8-,9+,10?,11-,12-,13+/m0/s1. The maximum absolute atomic E-state index is 10.1. The van der Waals surface area contributed by atoms with Gasteiger partial charge in [0.1, 0.15) is 0 Å². The molecule has 0 aromatic rings. The number of aliphatic hydroxyl groups excluding tert-OH is 1. The Morgan fingerprint density at radius 2 is 1.94 bits per heavy atom. The highest BCUT2D eigenvalue weighted by atomic mass is 16.5. The van der Waals surface area contributed by atoms with Crippen molar-refractivity contribution in [3.05, 3.63) is 0 Å². The minimum Gasteiger partial charge on any atom is -0.390 e. The molecule has 3 aliphatic rings. The largest absolute Gasteiger partial charge is 0.390 e. The molecule has 3 heteroatoms. The number of hydrogen-bond donors (Lipinski definition) is 2. The maximum Gasteiger partial charge on any atom is 0.0836 e. The van der Waals surface area contributed by atoms with E-state index in [0.717, 1.165) is 18.8 Å². The summed E-state index contributed by atoms with van der Waals surface area (Å²) in [6.07, 6.45) is 5.36. The number of ether oxygens (including phenoxy) is 1. The van der Waals surface area contributed by atoms with Crippen molar-refractivity contribution in [3.63, 3.8) is 0 Å². The first kappa shape index (κ1) is 11.0. The average molecular weight is 225 g/mol. The van der Waals surface area contributed by atoms with Crippen LogP contribution >= 0.6 is 0 Å². The SMILES string of the molecule is CO[C@H]1C[C@]2(CC1O)[C@@H]1CC[C@@H](C1)[C@]2(C)N. The Labute approximate surface area is 97.3 Å². The summed E-state index contributed by atoms with van der Waals surface area (Å²) in [6.45, 7) is 2.21. The van der Waals surface area contributed by atoms with Crippen LogP contribution in [-0.2, 0) is 4.74 Å². The second-order valence-electron chi connectivity index (χ2n) is 6.40. The fraction of sp³-hybridized carbons (Fsp3) is 1.00. The van der Waals surface area contributed by atoms with Crippen LogP contribution in [0.2, 0.25) is 0 Å². The van der Waals surface area contributed by atoms with Gasteiger partial charge in [-0.05, 0) is 56.3 Å². The van der Waals surface area contributed by atoms with Gasteiger partial charge in [0.25, 0.3) is 0 Å². The first-order valence-corrected chi connectivity index (χ1v) is 6.51. The monoisotopic (exact) mass is 225 g/mol. The normalized spacial score (nSPS) is 60.0. The van der Waals surface area contributed by atoms with Gasteiger partial charge in [-0.15, -0.1) is 0 Å². The summed E-state index contributed by atoms with van der Waals surface area (Å²) in [7, 11) is 1.70. The molecule has 2 bridgehead atoms.